The summed E-state index contributed by atoms with van der Waals surface area (Å²) in [7, 11) is 1.67. The summed E-state index contributed by atoms with van der Waals surface area (Å²) in [5.74, 6) is 0.769. The predicted octanol–water partition coefficient (Wildman–Crippen LogP) is 1.67. The van der Waals surface area contributed by atoms with E-state index >= 15 is 0 Å². The lowest BCUT2D eigenvalue weighted by Gasteiger charge is -2.23. The fourth-order valence-corrected chi connectivity index (χ4v) is 2.63. The van der Waals surface area contributed by atoms with Crippen molar-refractivity contribution in [1.82, 2.24) is 4.90 Å². The molecule has 2 N–H and O–H groups in total. The van der Waals surface area contributed by atoms with Crippen LogP contribution in [-0.4, -0.2) is 50.3 Å². The van der Waals surface area contributed by atoms with Crippen LogP contribution in [0.2, 0.25) is 0 Å². The molecule has 0 aliphatic carbocycles. The van der Waals surface area contributed by atoms with Crippen molar-refractivity contribution in [3.05, 3.63) is 29.8 Å². The highest BCUT2D eigenvalue weighted by molar-refractivity contribution is 5.95. The van der Waals surface area contributed by atoms with Crippen LogP contribution in [0.15, 0.2) is 24.3 Å². The van der Waals surface area contributed by atoms with E-state index in [1.807, 2.05) is 23.1 Å². The molecule has 1 aliphatic rings. The van der Waals surface area contributed by atoms with E-state index in [9.17, 15) is 4.79 Å². The van der Waals surface area contributed by atoms with E-state index in [-0.39, 0.29) is 11.9 Å². The highest BCUT2D eigenvalue weighted by atomic mass is 16.5. The van der Waals surface area contributed by atoms with Crippen LogP contribution in [0, 0.1) is 0 Å². The van der Waals surface area contributed by atoms with Gasteiger partial charge in [0.15, 0.2) is 0 Å². The normalized spacial score (nSPS) is 18.0. The number of carbonyl (C=O) groups is 1. The number of amides is 1. The summed E-state index contributed by atoms with van der Waals surface area (Å²) in [4.78, 5) is 14.4. The molecule has 116 valence electrons. The van der Waals surface area contributed by atoms with Crippen molar-refractivity contribution in [2.45, 2.75) is 25.3 Å². The molecule has 1 fully saturated rings. The number of nitrogens with zero attached hydrogens (tertiary/aromatic N) is 1. The number of hydrogen-bond donors (Lipinski definition) is 1. The number of carbonyl (C=O) groups excluding carboxylic acids is 1. The number of likely N-dealkylation sites (tertiary alicyclic amines) is 1. The van der Waals surface area contributed by atoms with Crippen LogP contribution >= 0.6 is 0 Å². The van der Waals surface area contributed by atoms with Gasteiger partial charge in [-0.15, -0.1) is 0 Å². The third-order valence-corrected chi connectivity index (χ3v) is 3.75. The van der Waals surface area contributed by atoms with Crippen molar-refractivity contribution in [3.8, 4) is 5.75 Å². The molecule has 1 aromatic rings. The molecule has 1 aromatic carbocycles. The number of hydrogen-bond acceptors (Lipinski definition) is 4. The Morgan fingerprint density at radius 2 is 2.29 bits per heavy atom. The molecule has 0 radical (unpaired) electrons. The number of methoxy groups -OCH3 is 1. The van der Waals surface area contributed by atoms with E-state index in [0.29, 0.717) is 25.3 Å². The molecule has 21 heavy (non-hydrogen) atoms. The fourth-order valence-electron chi connectivity index (χ4n) is 2.63. The molecule has 1 heterocycles. The maximum absolute atomic E-state index is 12.5. The molecule has 5 nitrogen and oxygen atoms in total. The largest absolute Gasteiger partial charge is 0.493 e. The third kappa shape index (κ3) is 4.19. The molecule has 2 rings (SSSR count). The van der Waals surface area contributed by atoms with Gasteiger partial charge in [-0.05, 0) is 31.0 Å². The van der Waals surface area contributed by atoms with Crippen LogP contribution in [0.4, 0.5) is 0 Å². The van der Waals surface area contributed by atoms with Crippen molar-refractivity contribution < 1.29 is 14.3 Å². The molecule has 0 spiro atoms. The maximum atomic E-state index is 12.5. The van der Waals surface area contributed by atoms with Crippen LogP contribution < -0.4 is 10.5 Å². The van der Waals surface area contributed by atoms with Crippen molar-refractivity contribution in [2.75, 3.05) is 33.4 Å². The van der Waals surface area contributed by atoms with E-state index in [4.69, 9.17) is 15.2 Å². The van der Waals surface area contributed by atoms with Gasteiger partial charge in [0.1, 0.15) is 5.75 Å². The van der Waals surface area contributed by atoms with Crippen LogP contribution in [0.3, 0.4) is 0 Å². The zero-order chi connectivity index (χ0) is 15.1. The standard InChI is InChI=1S/C16H24N2O3/c1-20-9-4-10-21-15-7-2-5-13(11-15)16(19)18-8-3-6-14(18)12-17/h2,5,7,11,14H,3-4,6,8-10,12,17H2,1H3. The first-order chi connectivity index (χ1) is 10.3. The van der Waals surface area contributed by atoms with Gasteiger partial charge in [0.05, 0.1) is 6.61 Å². The summed E-state index contributed by atoms with van der Waals surface area (Å²) in [6, 6.07) is 7.53. The van der Waals surface area contributed by atoms with E-state index in [2.05, 4.69) is 0 Å². The Morgan fingerprint density at radius 1 is 1.43 bits per heavy atom. The first kappa shape index (κ1) is 15.8. The van der Waals surface area contributed by atoms with Gasteiger partial charge in [-0.2, -0.15) is 0 Å². The molecule has 1 unspecified atom stereocenters. The zero-order valence-electron chi connectivity index (χ0n) is 12.6. The number of rotatable bonds is 7. The molecule has 1 amide bonds. The van der Waals surface area contributed by atoms with Gasteiger partial charge in [-0.1, -0.05) is 6.07 Å². The number of ether oxygens (including phenoxy) is 2. The lowest BCUT2D eigenvalue weighted by molar-refractivity contribution is 0.0740. The van der Waals surface area contributed by atoms with Gasteiger partial charge in [0.25, 0.3) is 5.91 Å². The molecule has 0 aromatic heterocycles. The molecule has 1 saturated heterocycles. The SMILES string of the molecule is COCCCOc1cccc(C(=O)N2CCCC2CN)c1. The lowest BCUT2D eigenvalue weighted by atomic mass is 10.1. The molecule has 0 saturated carbocycles. The van der Waals surface area contributed by atoms with Crippen molar-refractivity contribution >= 4 is 5.91 Å². The molecule has 1 aliphatic heterocycles. The zero-order valence-corrected chi connectivity index (χ0v) is 12.6. The minimum Gasteiger partial charge on any atom is -0.493 e. The second kappa shape index (κ2) is 8.00. The Balaban J connectivity index is 1.98. The van der Waals surface area contributed by atoms with E-state index in [0.717, 1.165) is 31.6 Å². The Bertz CT molecular complexity index is 465. The van der Waals surface area contributed by atoms with Gasteiger partial charge in [-0.25, -0.2) is 0 Å². The monoisotopic (exact) mass is 292 g/mol. The van der Waals surface area contributed by atoms with E-state index in [1.165, 1.54) is 0 Å². The highest BCUT2D eigenvalue weighted by Gasteiger charge is 2.28. The van der Waals surface area contributed by atoms with Crippen LogP contribution in [0.25, 0.3) is 0 Å². The van der Waals surface area contributed by atoms with Crippen LogP contribution in [-0.2, 0) is 4.74 Å². The Kier molecular flexibility index (Phi) is 6.02. The third-order valence-electron chi connectivity index (χ3n) is 3.75. The fraction of sp³-hybridized carbons (Fsp3) is 0.562. The van der Waals surface area contributed by atoms with Crippen molar-refractivity contribution in [3.63, 3.8) is 0 Å². The van der Waals surface area contributed by atoms with E-state index in [1.54, 1.807) is 13.2 Å². The van der Waals surface area contributed by atoms with Crippen LogP contribution in [0.5, 0.6) is 5.75 Å². The van der Waals surface area contributed by atoms with E-state index < -0.39 is 0 Å². The van der Waals surface area contributed by atoms with Gasteiger partial charge in [-0.3, -0.25) is 4.79 Å². The molecular formula is C16H24N2O3. The summed E-state index contributed by atoms with van der Waals surface area (Å²) >= 11 is 0. The Hall–Kier alpha value is -1.59. The Labute approximate surface area is 126 Å². The molecular weight excluding hydrogens is 268 g/mol. The minimum atomic E-state index is 0.0466. The van der Waals surface area contributed by atoms with Crippen LogP contribution in [0.1, 0.15) is 29.6 Å². The van der Waals surface area contributed by atoms with Crippen molar-refractivity contribution in [1.29, 1.82) is 0 Å². The minimum absolute atomic E-state index is 0.0466. The topological polar surface area (TPSA) is 64.8 Å². The van der Waals surface area contributed by atoms with Gasteiger partial charge in [0.2, 0.25) is 0 Å². The van der Waals surface area contributed by atoms with Crippen molar-refractivity contribution in [2.24, 2.45) is 5.73 Å². The molecule has 1 atom stereocenters. The lowest BCUT2D eigenvalue weighted by Crippen LogP contribution is -2.39. The maximum Gasteiger partial charge on any atom is 0.254 e. The second-order valence-electron chi connectivity index (χ2n) is 5.25. The quantitative estimate of drug-likeness (QED) is 0.776. The summed E-state index contributed by atoms with van der Waals surface area (Å²) in [6.45, 7) is 2.57. The van der Waals surface area contributed by atoms with Gasteiger partial charge in [0, 0.05) is 44.8 Å². The number of nitrogens with two attached hydrogens (primary N) is 1. The summed E-state index contributed by atoms with van der Waals surface area (Å²) in [6.07, 6.45) is 2.85. The first-order valence-corrected chi connectivity index (χ1v) is 7.49. The summed E-state index contributed by atoms with van der Waals surface area (Å²) in [5.41, 5.74) is 6.40. The smallest absolute Gasteiger partial charge is 0.254 e. The summed E-state index contributed by atoms with van der Waals surface area (Å²) < 4.78 is 10.6. The van der Waals surface area contributed by atoms with Gasteiger partial charge >= 0.3 is 0 Å². The molecule has 5 heteroatoms. The first-order valence-electron chi connectivity index (χ1n) is 7.49. The van der Waals surface area contributed by atoms with Gasteiger partial charge < -0.3 is 20.1 Å². The second-order valence-corrected chi connectivity index (χ2v) is 5.25. The average Bonchev–Trinajstić information content (AvgIpc) is 2.99. The highest BCUT2D eigenvalue weighted by Crippen LogP contribution is 2.21. The Morgan fingerprint density at radius 3 is 3.05 bits per heavy atom. The number of benzene rings is 1. The predicted molar refractivity (Wildman–Crippen MR) is 81.5 cm³/mol. The summed E-state index contributed by atoms with van der Waals surface area (Å²) in [5, 5.41) is 0. The molecule has 0 bridgehead atoms. The average molecular weight is 292 g/mol.